The van der Waals surface area contributed by atoms with Crippen LogP contribution >= 0.6 is 11.3 Å². The first-order valence-corrected chi connectivity index (χ1v) is 11.1. The van der Waals surface area contributed by atoms with Gasteiger partial charge in [-0.05, 0) is 54.3 Å². The number of rotatable bonds is 8. The van der Waals surface area contributed by atoms with Crippen LogP contribution in [0.1, 0.15) is 15.4 Å². The maximum Gasteiger partial charge on any atom is 0.293 e. The van der Waals surface area contributed by atoms with E-state index in [0.717, 1.165) is 45.7 Å². The summed E-state index contributed by atoms with van der Waals surface area (Å²) in [5.74, 6) is -0.235. The van der Waals surface area contributed by atoms with Gasteiger partial charge in [0, 0.05) is 56.4 Å². The zero-order valence-corrected chi connectivity index (χ0v) is 17.7. The van der Waals surface area contributed by atoms with Crippen LogP contribution in [0.15, 0.2) is 64.6 Å². The van der Waals surface area contributed by atoms with Gasteiger partial charge in [0.2, 0.25) is 0 Å². The molecule has 0 N–H and O–H groups in total. The first-order chi connectivity index (χ1) is 14.7. The molecule has 1 aliphatic heterocycles. The lowest BCUT2D eigenvalue weighted by atomic mass is 10.2. The van der Waals surface area contributed by atoms with Crippen LogP contribution in [0, 0.1) is 5.82 Å². The van der Waals surface area contributed by atoms with Crippen molar-refractivity contribution < 1.29 is 13.6 Å². The van der Waals surface area contributed by atoms with Gasteiger partial charge in [-0.25, -0.2) is 4.39 Å². The zero-order chi connectivity index (χ0) is 20.8. The molecule has 2 aromatic heterocycles. The van der Waals surface area contributed by atoms with Crippen molar-refractivity contribution in [2.24, 2.45) is 0 Å². The smallest absolute Gasteiger partial charge is 0.293 e. The monoisotopic (exact) mass is 427 g/mol. The summed E-state index contributed by atoms with van der Waals surface area (Å²) < 4.78 is 18.7. The summed E-state index contributed by atoms with van der Waals surface area (Å²) in [6, 6.07) is 13.7. The lowest BCUT2D eigenvalue weighted by molar-refractivity contribution is 0.0949. The molecular formula is C23H26FN3O2S. The average Bonchev–Trinajstić information content (AvgIpc) is 3.49. The normalized spacial score (nSPS) is 15.4. The highest BCUT2D eigenvalue weighted by atomic mass is 32.1. The van der Waals surface area contributed by atoms with Gasteiger partial charge in [0.15, 0.2) is 5.76 Å². The predicted molar refractivity (Wildman–Crippen MR) is 118 cm³/mol. The van der Waals surface area contributed by atoms with Crippen LogP contribution in [-0.4, -0.2) is 61.5 Å². The SMILES string of the molecule is O=C(c1ccco1)N(CCN1CCN(CCc2cccs2)CC1)c1ccc(F)cc1. The van der Waals surface area contributed by atoms with Crippen LogP contribution in [0.4, 0.5) is 10.1 Å². The number of amides is 1. The van der Waals surface area contributed by atoms with Gasteiger partial charge in [-0.3, -0.25) is 9.69 Å². The largest absolute Gasteiger partial charge is 0.459 e. The Morgan fingerprint density at radius 2 is 1.73 bits per heavy atom. The highest BCUT2D eigenvalue weighted by Crippen LogP contribution is 2.19. The van der Waals surface area contributed by atoms with E-state index in [1.165, 1.54) is 23.3 Å². The fourth-order valence-electron chi connectivity index (χ4n) is 3.70. The molecule has 158 valence electrons. The van der Waals surface area contributed by atoms with Crippen molar-refractivity contribution in [1.29, 1.82) is 0 Å². The summed E-state index contributed by atoms with van der Waals surface area (Å²) in [6.45, 7) is 6.42. The summed E-state index contributed by atoms with van der Waals surface area (Å²) in [6.07, 6.45) is 2.60. The van der Waals surface area contributed by atoms with Gasteiger partial charge in [0.1, 0.15) is 5.82 Å². The second-order valence-electron chi connectivity index (χ2n) is 7.42. The number of carbonyl (C=O) groups is 1. The van der Waals surface area contributed by atoms with Gasteiger partial charge in [-0.15, -0.1) is 11.3 Å². The minimum Gasteiger partial charge on any atom is -0.459 e. The van der Waals surface area contributed by atoms with E-state index in [2.05, 4.69) is 27.3 Å². The Balaban J connectivity index is 1.31. The number of carbonyl (C=O) groups excluding carboxylic acids is 1. The lowest BCUT2D eigenvalue weighted by Crippen LogP contribution is -2.49. The quantitative estimate of drug-likeness (QED) is 0.545. The Morgan fingerprint density at radius 3 is 2.37 bits per heavy atom. The molecule has 0 bridgehead atoms. The van der Waals surface area contributed by atoms with E-state index < -0.39 is 0 Å². The van der Waals surface area contributed by atoms with Crippen molar-refractivity contribution in [2.75, 3.05) is 50.7 Å². The first kappa shape index (κ1) is 20.8. The number of thiophene rings is 1. The number of piperazine rings is 1. The molecule has 1 aliphatic rings. The van der Waals surface area contributed by atoms with E-state index in [9.17, 15) is 9.18 Å². The van der Waals surface area contributed by atoms with Gasteiger partial charge in [0.05, 0.1) is 6.26 Å². The molecule has 4 rings (SSSR count). The van der Waals surface area contributed by atoms with Crippen LogP contribution in [0.25, 0.3) is 0 Å². The fraction of sp³-hybridized carbons (Fsp3) is 0.348. The molecule has 0 atom stereocenters. The van der Waals surface area contributed by atoms with Gasteiger partial charge in [-0.2, -0.15) is 0 Å². The molecule has 0 unspecified atom stereocenters. The zero-order valence-electron chi connectivity index (χ0n) is 16.9. The van der Waals surface area contributed by atoms with E-state index in [-0.39, 0.29) is 17.5 Å². The highest BCUT2D eigenvalue weighted by molar-refractivity contribution is 7.09. The molecular weight excluding hydrogens is 401 g/mol. The third-order valence-corrected chi connectivity index (χ3v) is 6.41. The van der Waals surface area contributed by atoms with E-state index in [1.807, 2.05) is 11.3 Å². The van der Waals surface area contributed by atoms with Gasteiger partial charge >= 0.3 is 0 Å². The second kappa shape index (κ2) is 10.0. The van der Waals surface area contributed by atoms with Gasteiger partial charge < -0.3 is 14.2 Å². The number of anilines is 1. The number of hydrogen-bond acceptors (Lipinski definition) is 5. The molecule has 1 amide bonds. The summed E-state index contributed by atoms with van der Waals surface area (Å²) in [4.78, 5) is 20.9. The summed E-state index contributed by atoms with van der Waals surface area (Å²) in [7, 11) is 0. The van der Waals surface area contributed by atoms with Gasteiger partial charge in [-0.1, -0.05) is 6.07 Å². The van der Waals surface area contributed by atoms with Crippen LogP contribution < -0.4 is 4.90 Å². The van der Waals surface area contributed by atoms with Crippen molar-refractivity contribution >= 4 is 22.9 Å². The lowest BCUT2D eigenvalue weighted by Gasteiger charge is -2.35. The number of halogens is 1. The summed E-state index contributed by atoms with van der Waals surface area (Å²) in [5, 5.41) is 2.13. The third-order valence-electron chi connectivity index (χ3n) is 5.47. The Labute approximate surface area is 180 Å². The minimum atomic E-state index is -0.317. The summed E-state index contributed by atoms with van der Waals surface area (Å²) in [5.41, 5.74) is 0.674. The van der Waals surface area contributed by atoms with Crippen molar-refractivity contribution in [3.05, 3.63) is 76.6 Å². The van der Waals surface area contributed by atoms with Crippen molar-refractivity contribution in [3.8, 4) is 0 Å². The topological polar surface area (TPSA) is 39.9 Å². The second-order valence-corrected chi connectivity index (χ2v) is 8.46. The Bertz CT molecular complexity index is 905. The molecule has 7 heteroatoms. The first-order valence-electron chi connectivity index (χ1n) is 10.3. The Kier molecular flexibility index (Phi) is 6.94. The maximum atomic E-state index is 13.4. The van der Waals surface area contributed by atoms with Crippen LogP contribution in [-0.2, 0) is 6.42 Å². The Hall–Kier alpha value is -2.48. The number of benzene rings is 1. The van der Waals surface area contributed by atoms with E-state index in [4.69, 9.17) is 4.42 Å². The van der Waals surface area contributed by atoms with Crippen LogP contribution in [0.2, 0.25) is 0 Å². The molecule has 3 heterocycles. The number of nitrogens with zero attached hydrogens (tertiary/aromatic N) is 3. The molecule has 30 heavy (non-hydrogen) atoms. The highest BCUT2D eigenvalue weighted by Gasteiger charge is 2.22. The van der Waals surface area contributed by atoms with Crippen LogP contribution in [0.3, 0.4) is 0 Å². The molecule has 1 aromatic carbocycles. The molecule has 0 saturated carbocycles. The maximum absolute atomic E-state index is 13.4. The summed E-state index contributed by atoms with van der Waals surface area (Å²) >= 11 is 1.82. The molecule has 3 aromatic rings. The van der Waals surface area contributed by atoms with Crippen molar-refractivity contribution in [1.82, 2.24) is 9.80 Å². The van der Waals surface area contributed by atoms with Crippen molar-refractivity contribution in [3.63, 3.8) is 0 Å². The van der Waals surface area contributed by atoms with Crippen molar-refractivity contribution in [2.45, 2.75) is 6.42 Å². The molecule has 1 saturated heterocycles. The molecule has 0 radical (unpaired) electrons. The van der Waals surface area contributed by atoms with Gasteiger partial charge in [0.25, 0.3) is 5.91 Å². The molecule has 0 spiro atoms. The number of furan rings is 1. The molecule has 5 nitrogen and oxygen atoms in total. The Morgan fingerprint density at radius 1 is 1.00 bits per heavy atom. The van der Waals surface area contributed by atoms with E-state index in [1.54, 1.807) is 29.2 Å². The molecule has 1 fully saturated rings. The minimum absolute atomic E-state index is 0.207. The number of hydrogen-bond donors (Lipinski definition) is 0. The third kappa shape index (κ3) is 5.36. The molecule has 0 aliphatic carbocycles. The van der Waals surface area contributed by atoms with E-state index in [0.29, 0.717) is 12.2 Å². The predicted octanol–water partition coefficient (Wildman–Crippen LogP) is 3.99. The fourth-order valence-corrected chi connectivity index (χ4v) is 4.40. The van der Waals surface area contributed by atoms with E-state index >= 15 is 0 Å². The average molecular weight is 428 g/mol. The van der Waals surface area contributed by atoms with Crippen LogP contribution in [0.5, 0.6) is 0 Å². The standard InChI is InChI=1S/C23H26FN3O2S/c24-19-5-7-20(8-6-19)27(23(28)22-4-1-17-29-22)16-15-26-13-11-25(12-14-26)10-9-21-3-2-18-30-21/h1-8,17-18H,9-16H2.